The molecule has 0 bridgehead atoms. The number of rotatable bonds is 6. The first-order valence-electron chi connectivity index (χ1n) is 8.62. The van der Waals surface area contributed by atoms with Crippen molar-refractivity contribution in [2.75, 3.05) is 7.11 Å². The Morgan fingerprint density at radius 3 is 2.93 bits per heavy atom. The fourth-order valence-corrected chi connectivity index (χ4v) is 3.32. The van der Waals surface area contributed by atoms with E-state index in [-0.39, 0.29) is 11.7 Å². The predicted octanol–water partition coefficient (Wildman–Crippen LogP) is 0.923. The molecule has 3 heterocycles. The van der Waals surface area contributed by atoms with Crippen LogP contribution in [0.2, 0.25) is 0 Å². The number of ether oxygens (including phenoxy) is 1. The summed E-state index contributed by atoms with van der Waals surface area (Å²) in [6.45, 7) is 0.993. The van der Waals surface area contributed by atoms with Crippen LogP contribution in [0, 0.1) is 0 Å². The number of imidazole rings is 1. The molecule has 3 aromatic rings. The summed E-state index contributed by atoms with van der Waals surface area (Å²) in [5.74, 6) is 0.546. The van der Waals surface area contributed by atoms with Crippen molar-refractivity contribution in [3.05, 3.63) is 69.2 Å². The van der Waals surface area contributed by atoms with Gasteiger partial charge in [0.2, 0.25) is 0 Å². The number of aryl methyl sites for hydroxylation is 1. The second-order valence-corrected chi connectivity index (χ2v) is 6.33. The molecule has 27 heavy (non-hydrogen) atoms. The van der Waals surface area contributed by atoms with Gasteiger partial charge in [0.1, 0.15) is 0 Å². The van der Waals surface area contributed by atoms with Gasteiger partial charge >= 0.3 is 5.69 Å². The lowest BCUT2D eigenvalue weighted by atomic mass is 9.93. The van der Waals surface area contributed by atoms with Gasteiger partial charge in [-0.3, -0.25) is 9.36 Å². The van der Waals surface area contributed by atoms with Crippen LogP contribution in [0.1, 0.15) is 23.4 Å². The molecule has 0 amide bonds. The molecule has 0 spiro atoms. The van der Waals surface area contributed by atoms with Crippen LogP contribution in [0.4, 0.5) is 0 Å². The number of H-pyrrole nitrogens is 1. The van der Waals surface area contributed by atoms with Gasteiger partial charge in [0, 0.05) is 50.3 Å². The smallest absolute Gasteiger partial charge is 0.328 e. The number of aromatic nitrogens is 5. The van der Waals surface area contributed by atoms with E-state index in [1.165, 1.54) is 11.0 Å². The quantitative estimate of drug-likeness (QED) is 0.692. The first kappa shape index (κ1) is 17.2. The van der Waals surface area contributed by atoms with E-state index in [2.05, 4.69) is 15.0 Å². The van der Waals surface area contributed by atoms with Crippen molar-refractivity contribution >= 4 is 11.6 Å². The van der Waals surface area contributed by atoms with Crippen molar-refractivity contribution in [1.29, 1.82) is 0 Å². The molecule has 0 saturated carbocycles. The van der Waals surface area contributed by atoms with Crippen LogP contribution in [0.25, 0.3) is 11.6 Å². The summed E-state index contributed by atoms with van der Waals surface area (Å²) < 4.78 is 14.0. The van der Waals surface area contributed by atoms with Crippen molar-refractivity contribution < 1.29 is 9.15 Å². The lowest BCUT2D eigenvalue weighted by molar-refractivity contribution is 0.146. The fraction of sp³-hybridized carbons (Fsp3) is 0.333. The molecule has 1 atom stereocenters. The molecule has 1 unspecified atom stereocenters. The van der Waals surface area contributed by atoms with Crippen molar-refractivity contribution in [2.45, 2.75) is 32.0 Å². The number of hydrogen-bond donors (Lipinski definition) is 1. The zero-order valence-corrected chi connectivity index (χ0v) is 14.8. The van der Waals surface area contributed by atoms with Gasteiger partial charge in [0.15, 0.2) is 12.2 Å². The minimum atomic E-state index is -0.407. The zero-order valence-electron chi connectivity index (χ0n) is 14.8. The Hall–Kier alpha value is -3.20. The van der Waals surface area contributed by atoms with Crippen LogP contribution in [0.15, 0.2) is 45.3 Å². The van der Waals surface area contributed by atoms with Crippen LogP contribution < -0.4 is 11.2 Å². The Kier molecular flexibility index (Phi) is 4.59. The van der Waals surface area contributed by atoms with Crippen LogP contribution in [-0.4, -0.2) is 37.3 Å². The third-order valence-electron chi connectivity index (χ3n) is 4.70. The summed E-state index contributed by atoms with van der Waals surface area (Å²) in [7, 11) is 1.58. The van der Waals surface area contributed by atoms with Crippen molar-refractivity contribution in [3.63, 3.8) is 0 Å². The van der Waals surface area contributed by atoms with Crippen LogP contribution >= 0.6 is 0 Å². The Morgan fingerprint density at radius 2 is 2.22 bits per heavy atom. The van der Waals surface area contributed by atoms with E-state index >= 15 is 0 Å². The van der Waals surface area contributed by atoms with E-state index in [4.69, 9.17) is 9.15 Å². The van der Waals surface area contributed by atoms with E-state index in [1.54, 1.807) is 31.9 Å². The van der Waals surface area contributed by atoms with Crippen molar-refractivity contribution in [3.8, 4) is 0 Å². The molecular weight excluding hydrogens is 350 g/mol. The Bertz CT molecular complexity index is 1060. The summed E-state index contributed by atoms with van der Waals surface area (Å²) in [5.41, 5.74) is 1.04. The molecule has 0 aliphatic heterocycles. The Balaban J connectivity index is 1.67. The molecule has 1 aliphatic carbocycles. The molecule has 0 saturated heterocycles. The third kappa shape index (κ3) is 3.28. The molecular formula is C18H19N5O4. The first-order valence-corrected chi connectivity index (χ1v) is 8.62. The van der Waals surface area contributed by atoms with E-state index in [0.29, 0.717) is 42.9 Å². The highest BCUT2D eigenvalue weighted by Gasteiger charge is 2.27. The molecule has 4 rings (SSSR count). The predicted molar refractivity (Wildman–Crippen MR) is 97.0 cm³/mol. The van der Waals surface area contributed by atoms with Gasteiger partial charge in [-0.2, -0.15) is 0 Å². The molecule has 3 aromatic heterocycles. The second kappa shape index (κ2) is 7.20. The second-order valence-electron chi connectivity index (χ2n) is 6.33. The average molecular weight is 369 g/mol. The number of aromatic amines is 1. The van der Waals surface area contributed by atoms with Gasteiger partial charge in [-0.05, 0) is 12.5 Å². The number of hydrogen-bond acceptors (Lipinski definition) is 6. The summed E-state index contributed by atoms with van der Waals surface area (Å²) in [4.78, 5) is 36.1. The van der Waals surface area contributed by atoms with Crippen LogP contribution in [-0.2, 0) is 24.2 Å². The van der Waals surface area contributed by atoms with E-state index < -0.39 is 5.69 Å². The topological polar surface area (TPSA) is 108 Å². The highest BCUT2D eigenvalue weighted by molar-refractivity contribution is 5.84. The molecule has 1 aliphatic rings. The summed E-state index contributed by atoms with van der Waals surface area (Å²) >= 11 is 0. The molecule has 9 heteroatoms. The number of methoxy groups -OCH3 is 1. The fourth-order valence-electron chi connectivity index (χ4n) is 3.32. The normalized spacial score (nSPS) is 16.2. The first-order chi connectivity index (χ1) is 13.2. The van der Waals surface area contributed by atoms with E-state index in [9.17, 15) is 9.59 Å². The summed E-state index contributed by atoms with van der Waals surface area (Å²) in [6, 6.07) is 0. The van der Waals surface area contributed by atoms with Crippen LogP contribution in [0.3, 0.4) is 0 Å². The zero-order chi connectivity index (χ0) is 18.8. The number of nitrogens with zero attached hydrogens (tertiary/aromatic N) is 4. The monoisotopic (exact) mass is 369 g/mol. The lowest BCUT2D eigenvalue weighted by Crippen LogP contribution is -2.40. The molecule has 9 nitrogen and oxygen atoms in total. The van der Waals surface area contributed by atoms with Gasteiger partial charge in [-0.1, -0.05) is 0 Å². The maximum atomic E-state index is 12.9. The molecule has 0 radical (unpaired) electrons. The summed E-state index contributed by atoms with van der Waals surface area (Å²) in [5, 5.41) is 0. The Labute approximate surface area is 154 Å². The maximum Gasteiger partial charge on any atom is 0.328 e. The number of oxazole rings is 1. The SMILES string of the molecule is COC1Cc2[nH]c(=O)n(CCCn3ccnc3)c(=O)c2C=C1c1cnco1. The minimum absolute atomic E-state index is 0.314. The Morgan fingerprint density at radius 1 is 1.33 bits per heavy atom. The number of nitrogens with one attached hydrogen (secondary N) is 1. The number of fused-ring (bicyclic) bond motifs is 1. The van der Waals surface area contributed by atoms with Gasteiger partial charge < -0.3 is 18.7 Å². The molecule has 0 aromatic carbocycles. The largest absolute Gasteiger partial charge is 0.444 e. The standard InChI is InChI=1S/C18H19N5O4/c1-26-15-8-14-12(7-13(15)16-9-20-11-27-16)17(24)23(18(25)21-14)5-2-4-22-6-3-19-10-22/h3,6-7,9-11,15H,2,4-5,8H2,1H3,(H,21,25). The lowest BCUT2D eigenvalue weighted by Gasteiger charge is -2.23. The van der Waals surface area contributed by atoms with E-state index in [1.807, 2.05) is 10.8 Å². The molecule has 0 fully saturated rings. The maximum absolute atomic E-state index is 12.9. The van der Waals surface area contributed by atoms with E-state index in [0.717, 1.165) is 5.57 Å². The van der Waals surface area contributed by atoms with Gasteiger partial charge in [0.05, 0.1) is 24.2 Å². The molecule has 1 N–H and O–H groups in total. The van der Waals surface area contributed by atoms with Crippen LogP contribution in [0.5, 0.6) is 0 Å². The van der Waals surface area contributed by atoms with Gasteiger partial charge in [0.25, 0.3) is 5.56 Å². The van der Waals surface area contributed by atoms with Crippen molar-refractivity contribution in [1.82, 2.24) is 24.1 Å². The minimum Gasteiger partial charge on any atom is -0.444 e. The third-order valence-corrected chi connectivity index (χ3v) is 4.70. The highest BCUT2D eigenvalue weighted by atomic mass is 16.5. The van der Waals surface area contributed by atoms with Gasteiger partial charge in [-0.15, -0.1) is 0 Å². The van der Waals surface area contributed by atoms with Gasteiger partial charge in [-0.25, -0.2) is 14.8 Å². The van der Waals surface area contributed by atoms with Crippen molar-refractivity contribution in [2.24, 2.45) is 0 Å². The summed E-state index contributed by atoms with van der Waals surface area (Å²) in [6.07, 6.45) is 10.6. The average Bonchev–Trinajstić information content (AvgIpc) is 3.37. The molecule has 140 valence electrons. The highest BCUT2D eigenvalue weighted by Crippen LogP contribution is 2.29.